The third-order valence-corrected chi connectivity index (χ3v) is 10.4. The Morgan fingerprint density at radius 1 is 1.20 bits per heavy atom. The van der Waals surface area contributed by atoms with Gasteiger partial charge in [-0.15, -0.1) is 0 Å². The topological polar surface area (TPSA) is 53.0 Å². The molecule has 6 heteroatoms. The SMILES string of the molecule is CC(C)(C)[Si](C)(C)OCC1CCCN1CC#CCN1CCC(O)C1=O. The second-order valence-electron chi connectivity index (χ2n) is 8.76. The average molecular weight is 367 g/mol. The summed E-state index contributed by atoms with van der Waals surface area (Å²) >= 11 is 0. The predicted molar refractivity (Wildman–Crippen MR) is 103 cm³/mol. The molecular weight excluding hydrogens is 332 g/mol. The molecule has 2 fully saturated rings. The fourth-order valence-corrected chi connectivity index (χ4v) is 4.04. The molecule has 5 nitrogen and oxygen atoms in total. The lowest BCUT2D eigenvalue weighted by Crippen LogP contribution is -2.44. The maximum Gasteiger partial charge on any atom is 0.252 e. The van der Waals surface area contributed by atoms with Crippen LogP contribution in [0.1, 0.15) is 40.0 Å². The van der Waals surface area contributed by atoms with E-state index in [4.69, 9.17) is 4.43 Å². The number of amides is 1. The Balaban J connectivity index is 1.78. The Morgan fingerprint density at radius 3 is 2.48 bits per heavy atom. The van der Waals surface area contributed by atoms with Crippen LogP contribution in [-0.2, 0) is 9.22 Å². The van der Waals surface area contributed by atoms with Gasteiger partial charge in [-0.05, 0) is 43.9 Å². The Kier molecular flexibility index (Phi) is 6.72. The summed E-state index contributed by atoms with van der Waals surface area (Å²) in [6, 6.07) is 0.457. The van der Waals surface area contributed by atoms with E-state index in [0.29, 0.717) is 25.6 Å². The van der Waals surface area contributed by atoms with E-state index in [0.717, 1.165) is 19.7 Å². The van der Waals surface area contributed by atoms with Crippen LogP contribution in [0.4, 0.5) is 0 Å². The molecule has 2 aliphatic heterocycles. The fraction of sp³-hybridized carbons (Fsp3) is 0.842. The lowest BCUT2D eigenvalue weighted by atomic mass is 10.2. The van der Waals surface area contributed by atoms with Crippen LogP contribution in [0.15, 0.2) is 0 Å². The summed E-state index contributed by atoms with van der Waals surface area (Å²) in [5.41, 5.74) is 0. The minimum Gasteiger partial charge on any atom is -0.415 e. The van der Waals surface area contributed by atoms with Crippen LogP contribution >= 0.6 is 0 Å². The molecule has 0 radical (unpaired) electrons. The van der Waals surface area contributed by atoms with E-state index in [1.54, 1.807) is 4.90 Å². The molecule has 0 aromatic heterocycles. The molecule has 1 amide bonds. The van der Waals surface area contributed by atoms with E-state index in [1.807, 2.05) is 0 Å². The van der Waals surface area contributed by atoms with Gasteiger partial charge in [0.15, 0.2) is 8.32 Å². The summed E-state index contributed by atoms with van der Waals surface area (Å²) < 4.78 is 6.39. The minimum absolute atomic E-state index is 0.184. The van der Waals surface area contributed by atoms with Crippen molar-refractivity contribution in [1.82, 2.24) is 9.80 Å². The van der Waals surface area contributed by atoms with Crippen molar-refractivity contribution in [3.8, 4) is 11.8 Å². The van der Waals surface area contributed by atoms with Crippen molar-refractivity contribution >= 4 is 14.2 Å². The smallest absolute Gasteiger partial charge is 0.252 e. The lowest BCUT2D eigenvalue weighted by molar-refractivity contribution is -0.133. The molecule has 0 aromatic rings. The Bertz CT molecular complexity index is 533. The highest BCUT2D eigenvalue weighted by Crippen LogP contribution is 2.37. The van der Waals surface area contributed by atoms with E-state index >= 15 is 0 Å². The number of hydrogen-bond donors (Lipinski definition) is 1. The number of likely N-dealkylation sites (tertiary alicyclic amines) is 2. The zero-order chi connectivity index (χ0) is 18.7. The van der Waals surface area contributed by atoms with Gasteiger partial charge in [0.2, 0.25) is 0 Å². The second kappa shape index (κ2) is 8.21. The molecule has 0 bridgehead atoms. The van der Waals surface area contributed by atoms with E-state index < -0.39 is 14.4 Å². The number of hydrogen-bond acceptors (Lipinski definition) is 4. The summed E-state index contributed by atoms with van der Waals surface area (Å²) in [5.74, 6) is 6.11. The Morgan fingerprint density at radius 2 is 1.88 bits per heavy atom. The minimum atomic E-state index is -1.70. The van der Waals surface area contributed by atoms with E-state index in [-0.39, 0.29) is 10.9 Å². The van der Waals surface area contributed by atoms with Crippen LogP contribution < -0.4 is 0 Å². The molecule has 1 N–H and O–H groups in total. The van der Waals surface area contributed by atoms with Crippen molar-refractivity contribution < 1.29 is 14.3 Å². The molecule has 0 aromatic carbocycles. The normalized spacial score (nSPS) is 25.4. The van der Waals surface area contributed by atoms with E-state index in [2.05, 4.69) is 50.6 Å². The Hall–Kier alpha value is -0.873. The fourth-order valence-electron chi connectivity index (χ4n) is 3.00. The maximum atomic E-state index is 11.7. The maximum absolute atomic E-state index is 11.7. The largest absolute Gasteiger partial charge is 0.415 e. The van der Waals surface area contributed by atoms with Crippen LogP contribution in [0.25, 0.3) is 0 Å². The van der Waals surface area contributed by atoms with Crippen molar-refractivity contribution in [1.29, 1.82) is 0 Å². The van der Waals surface area contributed by atoms with Crippen LogP contribution in [0, 0.1) is 11.8 Å². The number of rotatable bonds is 5. The standard InChI is InChI=1S/C19H34N2O3Si/c1-19(2,3)25(4,5)24-15-16-9-8-13-20(16)11-6-7-12-21-14-10-17(22)18(21)23/h16-17,22H,8-15H2,1-5H3. The zero-order valence-electron chi connectivity index (χ0n) is 16.5. The van der Waals surface area contributed by atoms with Gasteiger partial charge in [0.1, 0.15) is 6.10 Å². The van der Waals surface area contributed by atoms with Gasteiger partial charge in [0.25, 0.3) is 5.91 Å². The molecule has 0 saturated carbocycles. The zero-order valence-corrected chi connectivity index (χ0v) is 17.5. The van der Waals surface area contributed by atoms with Gasteiger partial charge in [0.05, 0.1) is 13.1 Å². The van der Waals surface area contributed by atoms with Crippen molar-refractivity contribution in [2.75, 3.05) is 32.8 Å². The van der Waals surface area contributed by atoms with Gasteiger partial charge in [-0.2, -0.15) is 0 Å². The van der Waals surface area contributed by atoms with Gasteiger partial charge in [0, 0.05) is 19.2 Å². The van der Waals surface area contributed by atoms with Gasteiger partial charge >= 0.3 is 0 Å². The lowest BCUT2D eigenvalue weighted by Gasteiger charge is -2.37. The van der Waals surface area contributed by atoms with Crippen molar-refractivity contribution in [2.45, 2.75) is 70.3 Å². The first kappa shape index (κ1) is 20.4. The van der Waals surface area contributed by atoms with Crippen LogP contribution in [0.2, 0.25) is 18.1 Å². The van der Waals surface area contributed by atoms with Crippen LogP contribution in [0.5, 0.6) is 0 Å². The molecular formula is C19H34N2O3Si. The second-order valence-corrected chi connectivity index (χ2v) is 13.6. The molecule has 2 aliphatic rings. The third-order valence-electron chi connectivity index (χ3n) is 5.89. The highest BCUT2D eigenvalue weighted by atomic mass is 28.4. The molecule has 2 rings (SSSR count). The van der Waals surface area contributed by atoms with E-state index in [1.165, 1.54) is 12.8 Å². The molecule has 2 atom stereocenters. The first-order valence-corrected chi connectivity index (χ1v) is 12.3. The number of carbonyl (C=O) groups excluding carboxylic acids is 1. The highest BCUT2D eigenvalue weighted by molar-refractivity contribution is 6.74. The summed E-state index contributed by atoms with van der Waals surface area (Å²) in [5, 5.41) is 9.69. The van der Waals surface area contributed by atoms with E-state index in [9.17, 15) is 9.90 Å². The van der Waals surface area contributed by atoms with Crippen molar-refractivity contribution in [3.05, 3.63) is 0 Å². The Labute approximate surface area is 153 Å². The number of aliphatic hydroxyl groups excluding tert-OH is 1. The number of aliphatic hydroxyl groups is 1. The molecule has 142 valence electrons. The van der Waals surface area contributed by atoms with Crippen molar-refractivity contribution in [3.63, 3.8) is 0 Å². The summed E-state index contributed by atoms with van der Waals surface area (Å²) in [4.78, 5) is 15.7. The predicted octanol–water partition coefficient (Wildman–Crippen LogP) is 2.07. The summed E-state index contributed by atoms with van der Waals surface area (Å²) in [7, 11) is -1.70. The summed E-state index contributed by atoms with van der Waals surface area (Å²) in [6.07, 6.45) is 2.08. The molecule has 0 spiro atoms. The summed E-state index contributed by atoms with van der Waals surface area (Å²) in [6.45, 7) is 15.1. The number of carbonyl (C=O) groups is 1. The molecule has 2 heterocycles. The molecule has 0 aliphatic carbocycles. The van der Waals surface area contributed by atoms with Crippen LogP contribution in [-0.4, -0.2) is 74.1 Å². The number of nitrogens with zero attached hydrogens (tertiary/aromatic N) is 2. The van der Waals surface area contributed by atoms with Gasteiger partial charge in [-0.3, -0.25) is 9.69 Å². The first-order chi connectivity index (χ1) is 11.6. The first-order valence-electron chi connectivity index (χ1n) is 9.42. The van der Waals surface area contributed by atoms with Gasteiger partial charge in [-0.1, -0.05) is 32.6 Å². The monoisotopic (exact) mass is 366 g/mol. The van der Waals surface area contributed by atoms with Gasteiger partial charge < -0.3 is 14.4 Å². The molecule has 2 saturated heterocycles. The quantitative estimate of drug-likeness (QED) is 0.598. The molecule has 25 heavy (non-hydrogen) atoms. The van der Waals surface area contributed by atoms with Crippen LogP contribution in [0.3, 0.4) is 0 Å². The van der Waals surface area contributed by atoms with Gasteiger partial charge in [-0.25, -0.2) is 0 Å². The highest BCUT2D eigenvalue weighted by Gasteiger charge is 2.38. The molecule has 2 unspecified atom stereocenters. The van der Waals surface area contributed by atoms with Crippen molar-refractivity contribution in [2.24, 2.45) is 0 Å². The third kappa shape index (κ3) is 5.30. The average Bonchev–Trinajstić information content (AvgIpc) is 3.09.